The van der Waals surface area contributed by atoms with Crippen LogP contribution in [0.15, 0.2) is 41.3 Å². The topological polar surface area (TPSA) is 102 Å². The number of nitrogens with zero attached hydrogens (tertiary/aromatic N) is 3. The Balaban J connectivity index is 0.000000238. The second-order valence-corrected chi connectivity index (χ2v) is 11.4. The molecule has 1 aliphatic heterocycles. The van der Waals surface area contributed by atoms with Crippen LogP contribution in [0.25, 0.3) is 21.8 Å². The molecule has 5 rings (SSSR count). The number of benzene rings is 2. The number of aryl methyl sites for hydroxylation is 1. The number of nitrogens with one attached hydrogen (secondary N) is 2. The quantitative estimate of drug-likeness (QED) is 0.175. The van der Waals surface area contributed by atoms with Crippen LogP contribution < -0.4 is 5.56 Å². The molecule has 0 amide bonds. The Bertz CT molecular complexity index is 1620. The van der Waals surface area contributed by atoms with Gasteiger partial charge in [-0.15, -0.1) is 0 Å². The SMILES string of the molecule is CF.CN1CCC(c2cc3cccc(F)c3[nH]c2=O)CC1.Cc1cc(C[C@H](C=O)CC=O)c(CN(C)CC(F)F)c2cn[nH]c12. The molecule has 0 saturated carbocycles. The third-order valence-corrected chi connectivity index (χ3v) is 8.10. The fourth-order valence-electron chi connectivity index (χ4n) is 5.78. The maximum Gasteiger partial charge on any atom is 0.251 e. The van der Waals surface area contributed by atoms with E-state index in [1.165, 1.54) is 6.07 Å². The maximum absolute atomic E-state index is 13.6. The molecule has 3 heterocycles. The molecule has 2 aromatic heterocycles. The van der Waals surface area contributed by atoms with Gasteiger partial charge in [0.15, 0.2) is 0 Å². The number of rotatable bonds is 10. The van der Waals surface area contributed by atoms with Gasteiger partial charge >= 0.3 is 0 Å². The average molecular weight is 632 g/mol. The van der Waals surface area contributed by atoms with Crippen LogP contribution in [0.4, 0.5) is 17.6 Å². The summed E-state index contributed by atoms with van der Waals surface area (Å²) in [5.41, 5.74) is 4.54. The number of aldehydes is 2. The summed E-state index contributed by atoms with van der Waals surface area (Å²) in [5, 5.41) is 8.60. The molecule has 244 valence electrons. The number of para-hydroxylation sites is 1. The molecule has 0 bridgehead atoms. The summed E-state index contributed by atoms with van der Waals surface area (Å²) in [6, 6.07) is 8.68. The van der Waals surface area contributed by atoms with Crippen LogP contribution in [-0.4, -0.2) is 84.9 Å². The lowest BCUT2D eigenvalue weighted by atomic mass is 9.90. The normalized spacial score (nSPS) is 14.6. The van der Waals surface area contributed by atoms with Gasteiger partial charge in [-0.25, -0.2) is 13.2 Å². The molecular formula is C33H41F4N5O3. The number of piperidine rings is 1. The predicted molar refractivity (Wildman–Crippen MR) is 168 cm³/mol. The number of carbonyl (C=O) groups is 2. The number of fused-ring (bicyclic) bond motifs is 2. The van der Waals surface area contributed by atoms with Crippen molar-refractivity contribution in [3.8, 4) is 0 Å². The highest BCUT2D eigenvalue weighted by molar-refractivity contribution is 5.86. The van der Waals surface area contributed by atoms with Crippen LogP contribution in [0.2, 0.25) is 0 Å². The predicted octanol–water partition coefficient (Wildman–Crippen LogP) is 5.58. The Kier molecular flexibility index (Phi) is 13.4. The molecule has 4 aromatic rings. The van der Waals surface area contributed by atoms with Gasteiger partial charge in [-0.2, -0.15) is 5.10 Å². The first-order valence-electron chi connectivity index (χ1n) is 14.8. The first-order chi connectivity index (χ1) is 21.6. The van der Waals surface area contributed by atoms with Crippen molar-refractivity contribution < 1.29 is 27.2 Å². The molecule has 8 nitrogen and oxygen atoms in total. The van der Waals surface area contributed by atoms with E-state index < -0.39 is 12.3 Å². The summed E-state index contributed by atoms with van der Waals surface area (Å²) in [6.45, 7) is 3.92. The van der Waals surface area contributed by atoms with Crippen LogP contribution in [0.5, 0.6) is 0 Å². The molecule has 12 heteroatoms. The molecule has 1 saturated heterocycles. The number of pyridine rings is 1. The average Bonchev–Trinajstić information content (AvgIpc) is 3.51. The lowest BCUT2D eigenvalue weighted by molar-refractivity contribution is -0.115. The minimum atomic E-state index is -2.42. The van der Waals surface area contributed by atoms with Crippen LogP contribution in [0.1, 0.15) is 47.4 Å². The van der Waals surface area contributed by atoms with Crippen LogP contribution in [0.3, 0.4) is 0 Å². The smallest absolute Gasteiger partial charge is 0.251 e. The van der Waals surface area contributed by atoms with E-state index in [-0.39, 0.29) is 30.3 Å². The zero-order chi connectivity index (χ0) is 33.1. The maximum atomic E-state index is 13.6. The number of hydrogen-bond donors (Lipinski definition) is 2. The van der Waals surface area contributed by atoms with Gasteiger partial charge in [0.1, 0.15) is 18.4 Å². The van der Waals surface area contributed by atoms with E-state index in [2.05, 4.69) is 27.1 Å². The highest BCUT2D eigenvalue weighted by Crippen LogP contribution is 2.29. The molecule has 0 radical (unpaired) electrons. The molecular weight excluding hydrogens is 590 g/mol. The van der Waals surface area contributed by atoms with E-state index in [0.29, 0.717) is 25.7 Å². The number of carbonyl (C=O) groups excluding carboxylic acids is 2. The second-order valence-electron chi connectivity index (χ2n) is 11.4. The minimum Gasteiger partial charge on any atom is -0.319 e. The largest absolute Gasteiger partial charge is 0.319 e. The summed E-state index contributed by atoms with van der Waals surface area (Å²) in [5.74, 6) is -0.498. The van der Waals surface area contributed by atoms with Gasteiger partial charge in [-0.1, -0.05) is 18.2 Å². The molecule has 1 atom stereocenters. The van der Waals surface area contributed by atoms with Gasteiger partial charge < -0.3 is 19.5 Å². The molecule has 1 aliphatic rings. The van der Waals surface area contributed by atoms with E-state index >= 15 is 0 Å². The van der Waals surface area contributed by atoms with Crippen molar-refractivity contribution in [1.82, 2.24) is 25.0 Å². The van der Waals surface area contributed by atoms with Gasteiger partial charge in [0.25, 0.3) is 12.0 Å². The van der Waals surface area contributed by atoms with Crippen molar-refractivity contribution in [2.45, 2.75) is 51.5 Å². The number of H-pyrrole nitrogens is 2. The summed E-state index contributed by atoms with van der Waals surface area (Å²) in [6.07, 6.45) is 3.29. The summed E-state index contributed by atoms with van der Waals surface area (Å²) < 4.78 is 48.4. The lowest BCUT2D eigenvalue weighted by Crippen LogP contribution is -2.31. The standard InChI is InChI=1S/C17H21F2N3O2.C15H17FN2O.CH3F/c1-11-5-13(6-12(10-24)3-4-23)15(8-22(2)9-16(18)19)14-7-20-21-17(11)14;1-18-7-5-10(6-8-18)12-9-11-3-2-4-13(16)14(11)17-15(12)19;1-2/h4-5,7,10,12,16H,3,6,8-9H2,1-2H3,(H,20,21);2-4,9-10H,5-8H2,1H3,(H,17,19);1H3/t12-;;/m1../s1. The van der Waals surface area contributed by atoms with E-state index in [1.807, 2.05) is 25.1 Å². The lowest BCUT2D eigenvalue weighted by Gasteiger charge is -2.28. The Morgan fingerprint density at radius 2 is 1.84 bits per heavy atom. The van der Waals surface area contributed by atoms with Crippen LogP contribution >= 0.6 is 0 Å². The second kappa shape index (κ2) is 17.0. The fraction of sp³-hybridized carbons (Fsp3) is 0.455. The van der Waals surface area contributed by atoms with Gasteiger partial charge in [-0.3, -0.25) is 19.2 Å². The van der Waals surface area contributed by atoms with Crippen molar-refractivity contribution in [3.05, 3.63) is 75.0 Å². The van der Waals surface area contributed by atoms with Gasteiger partial charge in [-0.05, 0) is 88.1 Å². The van der Waals surface area contributed by atoms with Crippen LogP contribution in [-0.2, 0) is 22.6 Å². The van der Waals surface area contributed by atoms with Crippen molar-refractivity contribution in [2.75, 3.05) is 40.9 Å². The van der Waals surface area contributed by atoms with Crippen molar-refractivity contribution in [3.63, 3.8) is 0 Å². The van der Waals surface area contributed by atoms with Crippen molar-refractivity contribution in [1.29, 1.82) is 0 Å². The molecule has 2 N–H and O–H groups in total. The molecule has 0 spiro atoms. The zero-order valence-corrected chi connectivity index (χ0v) is 26.1. The summed E-state index contributed by atoms with van der Waals surface area (Å²) >= 11 is 0. The Morgan fingerprint density at radius 3 is 2.49 bits per heavy atom. The Hall–Kier alpha value is -3.90. The van der Waals surface area contributed by atoms with E-state index in [0.717, 1.165) is 77.0 Å². The van der Waals surface area contributed by atoms with E-state index in [9.17, 15) is 31.9 Å². The number of aromatic nitrogens is 3. The number of likely N-dealkylation sites (tertiary alicyclic amines) is 1. The monoisotopic (exact) mass is 631 g/mol. The van der Waals surface area contributed by atoms with Gasteiger partial charge in [0.05, 0.1) is 31.0 Å². The minimum absolute atomic E-state index is 0.146. The van der Waals surface area contributed by atoms with Gasteiger partial charge in [0, 0.05) is 35.2 Å². The van der Waals surface area contributed by atoms with Crippen molar-refractivity contribution in [2.24, 2.45) is 5.92 Å². The summed E-state index contributed by atoms with van der Waals surface area (Å²) in [4.78, 5) is 40.5. The molecule has 0 aliphatic carbocycles. The highest BCUT2D eigenvalue weighted by Gasteiger charge is 2.22. The fourth-order valence-corrected chi connectivity index (χ4v) is 5.78. The first kappa shape index (κ1) is 35.6. The first-order valence-corrected chi connectivity index (χ1v) is 14.8. The third kappa shape index (κ3) is 9.30. The highest BCUT2D eigenvalue weighted by atomic mass is 19.3. The Labute approximate surface area is 259 Å². The molecule has 2 aromatic carbocycles. The Morgan fingerprint density at radius 1 is 1.13 bits per heavy atom. The van der Waals surface area contributed by atoms with Crippen LogP contribution in [0, 0.1) is 18.7 Å². The number of aromatic amines is 2. The van der Waals surface area contributed by atoms with E-state index in [1.54, 1.807) is 24.2 Å². The van der Waals surface area contributed by atoms with Crippen molar-refractivity contribution >= 4 is 34.4 Å². The number of alkyl halides is 3. The zero-order valence-electron chi connectivity index (χ0n) is 26.1. The molecule has 1 fully saturated rings. The number of hydrogen-bond acceptors (Lipinski definition) is 6. The third-order valence-electron chi connectivity index (χ3n) is 8.10. The van der Waals surface area contributed by atoms with Gasteiger partial charge in [0.2, 0.25) is 0 Å². The molecule has 45 heavy (non-hydrogen) atoms. The number of halogens is 4. The van der Waals surface area contributed by atoms with E-state index in [4.69, 9.17) is 0 Å². The summed E-state index contributed by atoms with van der Waals surface area (Å²) in [7, 11) is 4.22. The molecule has 0 unspecified atom stereocenters.